The summed E-state index contributed by atoms with van der Waals surface area (Å²) in [5.41, 5.74) is 12.8. The van der Waals surface area contributed by atoms with Crippen molar-refractivity contribution in [3.8, 4) is 40.1 Å². The van der Waals surface area contributed by atoms with E-state index in [1.807, 2.05) is 67.9 Å². The summed E-state index contributed by atoms with van der Waals surface area (Å²) in [6.07, 6.45) is 1.46. The van der Waals surface area contributed by atoms with Crippen molar-refractivity contribution in [1.29, 1.82) is 5.26 Å². The summed E-state index contributed by atoms with van der Waals surface area (Å²) in [6.45, 7) is 6.82. The second-order valence-corrected chi connectivity index (χ2v) is 9.31. The van der Waals surface area contributed by atoms with Crippen LogP contribution in [-0.4, -0.2) is 20.4 Å². The maximum Gasteiger partial charge on any atom is 0.283 e. The average Bonchev–Trinajstić information content (AvgIpc) is 3.23. The second-order valence-electron chi connectivity index (χ2n) is 9.31. The Kier molecular flexibility index (Phi) is 6.76. The molecule has 1 amide bonds. The van der Waals surface area contributed by atoms with Gasteiger partial charge >= 0.3 is 0 Å². The van der Waals surface area contributed by atoms with Gasteiger partial charge in [-0.2, -0.15) is 5.26 Å². The van der Waals surface area contributed by atoms with Crippen LogP contribution in [0, 0.1) is 25.2 Å². The molecule has 5 rings (SSSR count). The molecule has 0 aliphatic rings. The fourth-order valence-corrected chi connectivity index (χ4v) is 4.78. The van der Waals surface area contributed by atoms with Crippen molar-refractivity contribution in [2.75, 3.05) is 11.1 Å². The number of carbonyl (C=O) groups is 1. The molecular formula is C31H25FN6O2. The van der Waals surface area contributed by atoms with Crippen LogP contribution in [0.2, 0.25) is 0 Å². The van der Waals surface area contributed by atoms with Crippen LogP contribution in [0.5, 0.6) is 11.6 Å². The van der Waals surface area contributed by atoms with Gasteiger partial charge in [0.1, 0.15) is 17.6 Å². The molecular weight excluding hydrogens is 507 g/mol. The van der Waals surface area contributed by atoms with Crippen LogP contribution in [0.3, 0.4) is 0 Å². The van der Waals surface area contributed by atoms with Gasteiger partial charge in [-0.1, -0.05) is 30.8 Å². The number of aromatic nitrogens is 3. The van der Waals surface area contributed by atoms with Gasteiger partial charge < -0.3 is 20.4 Å². The normalized spacial score (nSPS) is 10.8. The van der Waals surface area contributed by atoms with Gasteiger partial charge in [-0.25, -0.2) is 14.4 Å². The first-order chi connectivity index (χ1) is 19.2. The Labute approximate surface area is 230 Å². The van der Waals surface area contributed by atoms with Crippen LogP contribution in [0.1, 0.15) is 16.8 Å². The van der Waals surface area contributed by atoms with Gasteiger partial charge in [0.05, 0.1) is 22.2 Å². The smallest absolute Gasteiger partial charge is 0.283 e. The number of nitriles is 1. The Balaban J connectivity index is 1.67. The van der Waals surface area contributed by atoms with Crippen molar-refractivity contribution in [3.63, 3.8) is 0 Å². The van der Waals surface area contributed by atoms with Crippen LogP contribution in [0.15, 0.2) is 79.3 Å². The number of rotatable bonds is 6. The van der Waals surface area contributed by atoms with Crippen molar-refractivity contribution in [1.82, 2.24) is 14.5 Å². The largest absolute Gasteiger partial charge is 0.439 e. The van der Waals surface area contributed by atoms with E-state index in [9.17, 15) is 14.4 Å². The minimum Gasteiger partial charge on any atom is -0.439 e. The lowest BCUT2D eigenvalue weighted by Crippen LogP contribution is -2.11. The summed E-state index contributed by atoms with van der Waals surface area (Å²) in [5, 5.41) is 13.0. The van der Waals surface area contributed by atoms with Gasteiger partial charge in [0.25, 0.3) is 5.91 Å². The third-order valence-corrected chi connectivity index (χ3v) is 6.57. The number of hydrogen-bond donors (Lipinski definition) is 2. The van der Waals surface area contributed by atoms with E-state index in [1.54, 1.807) is 18.2 Å². The minimum absolute atomic E-state index is 0.290. The Morgan fingerprint density at radius 3 is 2.55 bits per heavy atom. The number of nitrogens with one attached hydrogen (secondary N) is 1. The van der Waals surface area contributed by atoms with Crippen LogP contribution in [0.25, 0.3) is 33.3 Å². The molecule has 8 nitrogen and oxygen atoms in total. The zero-order chi connectivity index (χ0) is 28.6. The highest BCUT2D eigenvalue weighted by atomic mass is 19.1. The third-order valence-electron chi connectivity index (χ3n) is 6.57. The van der Waals surface area contributed by atoms with E-state index in [2.05, 4.69) is 27.9 Å². The van der Waals surface area contributed by atoms with E-state index in [-0.39, 0.29) is 5.82 Å². The maximum atomic E-state index is 13.2. The quantitative estimate of drug-likeness (QED) is 0.238. The molecule has 0 aliphatic carbocycles. The molecule has 0 bridgehead atoms. The van der Waals surface area contributed by atoms with Crippen molar-refractivity contribution in [2.45, 2.75) is 13.8 Å². The fraction of sp³-hybridized carbons (Fsp3) is 0.0968. The van der Waals surface area contributed by atoms with Gasteiger partial charge in [0, 0.05) is 41.8 Å². The Morgan fingerprint density at radius 2 is 1.90 bits per heavy atom. The zero-order valence-electron chi connectivity index (χ0n) is 22.1. The number of amides is 1. The first-order valence-electron chi connectivity index (χ1n) is 12.3. The second kappa shape index (κ2) is 10.3. The third kappa shape index (κ3) is 4.74. The molecule has 9 heteroatoms. The van der Waals surface area contributed by atoms with Gasteiger partial charge in [-0.3, -0.25) is 4.79 Å². The molecule has 0 radical (unpaired) electrons. The zero-order valence-corrected chi connectivity index (χ0v) is 22.1. The summed E-state index contributed by atoms with van der Waals surface area (Å²) in [6, 6.07) is 20.6. The lowest BCUT2D eigenvalue weighted by atomic mass is 9.95. The lowest BCUT2D eigenvalue weighted by molar-refractivity contribution is -0.114. The summed E-state index contributed by atoms with van der Waals surface area (Å²) in [7, 11) is 1.87. The molecule has 3 aromatic heterocycles. The number of hydrogen-bond acceptors (Lipinski definition) is 6. The van der Waals surface area contributed by atoms with Crippen molar-refractivity contribution >= 4 is 28.3 Å². The van der Waals surface area contributed by atoms with E-state index >= 15 is 0 Å². The van der Waals surface area contributed by atoms with Gasteiger partial charge in [-0.15, -0.1) is 0 Å². The number of pyridine rings is 2. The Bertz CT molecular complexity index is 1850. The van der Waals surface area contributed by atoms with Crippen molar-refractivity contribution in [2.24, 2.45) is 7.05 Å². The van der Waals surface area contributed by atoms with E-state index < -0.39 is 11.7 Å². The molecule has 40 heavy (non-hydrogen) atoms. The maximum absolute atomic E-state index is 13.2. The number of nitrogens with two attached hydrogens (primary N) is 1. The van der Waals surface area contributed by atoms with E-state index in [1.165, 1.54) is 6.20 Å². The predicted octanol–water partition coefficient (Wildman–Crippen LogP) is 6.59. The Morgan fingerprint density at radius 1 is 1.15 bits per heavy atom. The number of halogens is 1. The number of fused-ring (bicyclic) bond motifs is 1. The molecule has 0 spiro atoms. The van der Waals surface area contributed by atoms with Crippen LogP contribution in [-0.2, 0) is 11.8 Å². The Hall–Kier alpha value is -5.49. The fourth-order valence-electron chi connectivity index (χ4n) is 4.78. The predicted molar refractivity (Wildman–Crippen MR) is 153 cm³/mol. The van der Waals surface area contributed by atoms with Gasteiger partial charge in [0.2, 0.25) is 5.88 Å². The SMILES string of the molecule is C=C(F)C(=O)Nc1ccc(-c2c(-c3ccc(Oc4cccc(C)n4)cc3)c3c(N)ncc(C#N)c3n2C)c(C)c1. The lowest BCUT2D eigenvalue weighted by Gasteiger charge is -2.14. The summed E-state index contributed by atoms with van der Waals surface area (Å²) in [4.78, 5) is 20.5. The van der Waals surface area contributed by atoms with E-state index in [0.717, 1.165) is 33.6 Å². The highest BCUT2D eigenvalue weighted by Crippen LogP contribution is 2.44. The molecule has 3 heterocycles. The molecule has 2 aromatic carbocycles. The van der Waals surface area contributed by atoms with Crippen molar-refractivity contribution in [3.05, 3.63) is 96.1 Å². The van der Waals surface area contributed by atoms with Crippen molar-refractivity contribution < 1.29 is 13.9 Å². The van der Waals surface area contributed by atoms with E-state index in [4.69, 9.17) is 10.5 Å². The minimum atomic E-state index is -1.07. The molecule has 0 aliphatic heterocycles. The van der Waals surface area contributed by atoms with Crippen LogP contribution >= 0.6 is 0 Å². The topological polar surface area (TPSA) is 119 Å². The molecule has 198 valence electrons. The first-order valence-corrected chi connectivity index (χ1v) is 12.3. The highest BCUT2D eigenvalue weighted by molar-refractivity contribution is 6.11. The van der Waals surface area contributed by atoms with E-state index in [0.29, 0.717) is 33.8 Å². The summed E-state index contributed by atoms with van der Waals surface area (Å²) >= 11 is 0. The molecule has 0 saturated heterocycles. The first kappa shape index (κ1) is 26.1. The average molecular weight is 533 g/mol. The highest BCUT2D eigenvalue weighted by Gasteiger charge is 2.24. The molecule has 0 unspecified atom stereocenters. The number of nitrogen functional groups attached to an aromatic ring is 1. The van der Waals surface area contributed by atoms with Gasteiger partial charge in [0.15, 0.2) is 5.83 Å². The molecule has 0 fully saturated rings. The number of carbonyl (C=O) groups excluding carboxylic acids is 1. The van der Waals surface area contributed by atoms with Gasteiger partial charge in [-0.05, 0) is 55.3 Å². The summed E-state index contributed by atoms with van der Waals surface area (Å²) < 4.78 is 21.1. The molecule has 0 saturated carbocycles. The van der Waals surface area contributed by atoms with Crippen LogP contribution in [0.4, 0.5) is 15.9 Å². The number of nitrogens with zero attached hydrogens (tertiary/aromatic N) is 4. The molecule has 0 atom stereocenters. The number of anilines is 2. The summed E-state index contributed by atoms with van der Waals surface area (Å²) in [5.74, 6) is -0.588. The molecule has 5 aromatic rings. The van der Waals surface area contributed by atoms with Crippen LogP contribution < -0.4 is 15.8 Å². The standard InChI is InChI=1S/C31H25FN6O2/c1-17-14-22(37-31(39)19(3)32)10-13-24(17)29-26(27-28(38(29)4)21(15-33)16-35-30(27)34)20-8-11-23(12-9-20)40-25-7-5-6-18(2)36-25/h5-14,16H,3H2,1-2,4H3,(H2,34,35)(H,37,39). The number of benzene rings is 2. The number of aryl methyl sites for hydroxylation is 3. The molecule has 3 N–H and O–H groups in total. The number of ether oxygens (including phenoxy) is 1. The monoisotopic (exact) mass is 532 g/mol.